The van der Waals surface area contributed by atoms with Crippen molar-refractivity contribution in [2.24, 2.45) is 13.0 Å². The highest BCUT2D eigenvalue weighted by Gasteiger charge is 2.35. The average Bonchev–Trinajstić information content (AvgIpc) is 2.60. The van der Waals surface area contributed by atoms with Gasteiger partial charge in [0.2, 0.25) is 5.91 Å². The first kappa shape index (κ1) is 18.1. The van der Waals surface area contributed by atoms with Gasteiger partial charge in [0, 0.05) is 43.2 Å². The quantitative estimate of drug-likeness (QED) is 0.644. The summed E-state index contributed by atoms with van der Waals surface area (Å²) in [5, 5.41) is 12.6. The Balaban J connectivity index is 1.70. The first-order valence-electron chi connectivity index (χ1n) is 8.59. The molecule has 3 N–H and O–H groups in total. The molecule has 0 aliphatic heterocycles. The lowest BCUT2D eigenvalue weighted by atomic mass is 9.76. The maximum absolute atomic E-state index is 12.5. The van der Waals surface area contributed by atoms with E-state index in [-0.39, 0.29) is 36.0 Å². The highest BCUT2D eigenvalue weighted by molar-refractivity contribution is 5.78. The molecule has 8 nitrogen and oxygen atoms in total. The molecule has 0 radical (unpaired) electrons. The number of carbonyl (C=O) groups is 1. The Kier molecular flexibility index (Phi) is 5.32. The van der Waals surface area contributed by atoms with Crippen molar-refractivity contribution in [2.45, 2.75) is 37.8 Å². The van der Waals surface area contributed by atoms with E-state index in [0.29, 0.717) is 19.3 Å². The van der Waals surface area contributed by atoms with Gasteiger partial charge < -0.3 is 15.4 Å². The third-order valence-corrected chi connectivity index (χ3v) is 4.83. The molecule has 3 rings (SSSR count). The maximum atomic E-state index is 12.5. The van der Waals surface area contributed by atoms with Crippen LogP contribution in [0.3, 0.4) is 0 Å². The summed E-state index contributed by atoms with van der Waals surface area (Å²) in [7, 11) is 1.36. The third kappa shape index (κ3) is 4.08. The van der Waals surface area contributed by atoms with Gasteiger partial charge in [-0.15, -0.1) is 0 Å². The molecule has 0 saturated heterocycles. The van der Waals surface area contributed by atoms with Crippen LogP contribution in [0.5, 0.6) is 0 Å². The van der Waals surface area contributed by atoms with Crippen molar-refractivity contribution in [1.29, 1.82) is 0 Å². The number of rotatable bonds is 6. The first-order valence-corrected chi connectivity index (χ1v) is 8.59. The van der Waals surface area contributed by atoms with Crippen LogP contribution < -0.4 is 16.6 Å². The van der Waals surface area contributed by atoms with E-state index in [4.69, 9.17) is 0 Å². The Morgan fingerprint density at radius 3 is 2.85 bits per heavy atom. The highest BCUT2D eigenvalue weighted by Crippen LogP contribution is 2.31. The number of nitrogens with one attached hydrogen (secondary N) is 2. The Morgan fingerprint density at radius 1 is 1.42 bits per heavy atom. The Bertz CT molecular complexity index is 884. The van der Waals surface area contributed by atoms with Gasteiger partial charge in [0.1, 0.15) is 0 Å². The SMILES string of the molecule is Cn1c(=O)[nH]cc(CC(=O)N[C@@H](Cc2ccccn2)C2CC(O)C2)c1=O. The standard InChI is InChI=1S/C18H22N4O4/c1-22-17(25)12(10-20-18(22)26)8-16(24)21-15(11-6-14(23)7-11)9-13-4-2-3-5-19-13/h2-5,10-11,14-15,23H,6-9H2,1H3,(H,20,26)(H,21,24)/t11?,14?,15-/m0/s1. The maximum Gasteiger partial charge on any atom is 0.328 e. The van der Waals surface area contributed by atoms with E-state index in [1.54, 1.807) is 6.20 Å². The smallest absolute Gasteiger partial charge is 0.328 e. The van der Waals surface area contributed by atoms with Crippen molar-refractivity contribution < 1.29 is 9.90 Å². The number of carbonyl (C=O) groups excluding carboxylic acids is 1. The fourth-order valence-electron chi connectivity index (χ4n) is 3.21. The molecule has 8 heteroatoms. The van der Waals surface area contributed by atoms with Gasteiger partial charge in [-0.2, -0.15) is 0 Å². The number of aromatic amines is 1. The second-order valence-corrected chi connectivity index (χ2v) is 6.74. The van der Waals surface area contributed by atoms with Crippen molar-refractivity contribution in [2.75, 3.05) is 0 Å². The van der Waals surface area contributed by atoms with Gasteiger partial charge in [0.25, 0.3) is 5.56 Å². The highest BCUT2D eigenvalue weighted by atomic mass is 16.3. The fourth-order valence-corrected chi connectivity index (χ4v) is 3.21. The number of aromatic nitrogens is 3. The summed E-state index contributed by atoms with van der Waals surface area (Å²) in [5.41, 5.74) is 0.0915. The number of pyridine rings is 1. The van der Waals surface area contributed by atoms with Crippen molar-refractivity contribution in [3.63, 3.8) is 0 Å². The molecule has 138 valence electrons. The lowest BCUT2D eigenvalue weighted by Crippen LogP contribution is -2.49. The molecule has 2 aromatic heterocycles. The van der Waals surface area contributed by atoms with Gasteiger partial charge in [-0.25, -0.2) is 4.79 Å². The van der Waals surface area contributed by atoms with E-state index in [1.807, 2.05) is 18.2 Å². The molecular formula is C18H22N4O4. The van der Waals surface area contributed by atoms with Crippen LogP contribution in [0, 0.1) is 5.92 Å². The summed E-state index contributed by atoms with van der Waals surface area (Å²) in [6.07, 6.45) is 4.38. The number of aliphatic hydroxyl groups excluding tert-OH is 1. The molecular weight excluding hydrogens is 336 g/mol. The van der Waals surface area contributed by atoms with Crippen LogP contribution in [0.2, 0.25) is 0 Å². The van der Waals surface area contributed by atoms with Crippen LogP contribution >= 0.6 is 0 Å². The summed E-state index contributed by atoms with van der Waals surface area (Å²) in [6, 6.07) is 5.45. The lowest BCUT2D eigenvalue weighted by molar-refractivity contribution is -0.122. The molecule has 1 aliphatic carbocycles. The van der Waals surface area contributed by atoms with Crippen LogP contribution in [0.1, 0.15) is 24.1 Å². The van der Waals surface area contributed by atoms with E-state index in [1.165, 1.54) is 13.2 Å². The monoisotopic (exact) mass is 358 g/mol. The first-order chi connectivity index (χ1) is 12.4. The van der Waals surface area contributed by atoms with E-state index in [2.05, 4.69) is 15.3 Å². The van der Waals surface area contributed by atoms with Crippen LogP contribution in [0.25, 0.3) is 0 Å². The molecule has 0 bridgehead atoms. The minimum Gasteiger partial charge on any atom is -0.393 e. The topological polar surface area (TPSA) is 117 Å². The van der Waals surface area contributed by atoms with Crippen molar-refractivity contribution in [3.8, 4) is 0 Å². The van der Waals surface area contributed by atoms with Crippen molar-refractivity contribution in [3.05, 3.63) is 62.7 Å². The predicted octanol–water partition coefficient (Wildman–Crippen LogP) is -0.490. The second kappa shape index (κ2) is 7.65. The predicted molar refractivity (Wildman–Crippen MR) is 94.6 cm³/mol. The van der Waals surface area contributed by atoms with Gasteiger partial charge in [0.05, 0.1) is 12.5 Å². The van der Waals surface area contributed by atoms with Crippen LogP contribution in [0.4, 0.5) is 0 Å². The van der Waals surface area contributed by atoms with E-state index in [0.717, 1.165) is 10.3 Å². The molecule has 0 unspecified atom stereocenters. The summed E-state index contributed by atoms with van der Waals surface area (Å²) in [6.45, 7) is 0. The van der Waals surface area contributed by atoms with Crippen LogP contribution in [-0.2, 0) is 24.7 Å². The summed E-state index contributed by atoms with van der Waals surface area (Å²) in [4.78, 5) is 42.7. The second-order valence-electron chi connectivity index (χ2n) is 6.74. The van der Waals surface area contributed by atoms with Crippen LogP contribution in [-0.4, -0.2) is 37.7 Å². The van der Waals surface area contributed by atoms with Gasteiger partial charge in [-0.05, 0) is 30.9 Å². The van der Waals surface area contributed by atoms with Gasteiger partial charge >= 0.3 is 5.69 Å². The Hall–Kier alpha value is -2.74. The minimum absolute atomic E-state index is 0.114. The molecule has 2 aromatic rings. The van der Waals surface area contributed by atoms with Crippen molar-refractivity contribution >= 4 is 5.91 Å². The van der Waals surface area contributed by atoms with Crippen LogP contribution in [0.15, 0.2) is 40.2 Å². The molecule has 1 aliphatic rings. The number of amides is 1. The van der Waals surface area contributed by atoms with Gasteiger partial charge in [0.15, 0.2) is 0 Å². The molecule has 0 spiro atoms. The zero-order valence-electron chi connectivity index (χ0n) is 14.5. The Morgan fingerprint density at radius 2 is 2.19 bits per heavy atom. The number of aliphatic hydroxyl groups is 1. The van der Waals surface area contributed by atoms with E-state index < -0.39 is 11.2 Å². The zero-order valence-corrected chi connectivity index (χ0v) is 14.5. The largest absolute Gasteiger partial charge is 0.393 e. The number of hydrogen-bond acceptors (Lipinski definition) is 5. The third-order valence-electron chi connectivity index (χ3n) is 4.83. The van der Waals surface area contributed by atoms with Crippen molar-refractivity contribution in [1.82, 2.24) is 19.9 Å². The van der Waals surface area contributed by atoms with E-state index in [9.17, 15) is 19.5 Å². The van der Waals surface area contributed by atoms with Gasteiger partial charge in [-0.1, -0.05) is 6.07 Å². The lowest BCUT2D eigenvalue weighted by Gasteiger charge is -2.38. The normalized spacial score (nSPS) is 20.2. The number of H-pyrrole nitrogens is 1. The van der Waals surface area contributed by atoms with Gasteiger partial charge in [-0.3, -0.25) is 19.1 Å². The minimum atomic E-state index is -0.518. The molecule has 26 heavy (non-hydrogen) atoms. The Labute approximate surface area is 149 Å². The zero-order chi connectivity index (χ0) is 18.7. The number of hydrogen-bond donors (Lipinski definition) is 3. The summed E-state index contributed by atoms with van der Waals surface area (Å²) >= 11 is 0. The molecule has 2 heterocycles. The molecule has 1 atom stereocenters. The molecule has 1 fully saturated rings. The molecule has 1 amide bonds. The summed E-state index contributed by atoms with van der Waals surface area (Å²) < 4.78 is 0.941. The number of nitrogens with zero attached hydrogens (tertiary/aromatic N) is 2. The van der Waals surface area contributed by atoms with E-state index >= 15 is 0 Å². The fraction of sp³-hybridized carbons (Fsp3) is 0.444. The summed E-state index contributed by atoms with van der Waals surface area (Å²) in [5.74, 6) is -0.120. The average molecular weight is 358 g/mol. The molecule has 0 aromatic carbocycles. The molecule has 1 saturated carbocycles.